The minimum Gasteiger partial charge on any atom is -0.469 e. The molecular weight excluding hydrogens is 1080 g/mol. The molecule has 1 saturated heterocycles. The van der Waals surface area contributed by atoms with Crippen molar-refractivity contribution in [3.8, 4) is 0 Å². The van der Waals surface area contributed by atoms with Gasteiger partial charge in [-0.1, -0.05) is 34.6 Å². The summed E-state index contributed by atoms with van der Waals surface area (Å²) >= 11 is 0. The number of esters is 7. The van der Waals surface area contributed by atoms with Crippen molar-refractivity contribution in [3.05, 3.63) is 33.9 Å². The number of ether oxygens (including phenoxy) is 8. The minimum atomic E-state index is -1.49. The third-order valence-electron chi connectivity index (χ3n) is 18.2. The Morgan fingerprint density at radius 1 is 0.590 bits per heavy atom. The fourth-order valence-electron chi connectivity index (χ4n) is 13.4. The Bertz CT molecular complexity index is 2800. The van der Waals surface area contributed by atoms with Crippen LogP contribution < -0.4 is 16.0 Å². The van der Waals surface area contributed by atoms with Crippen molar-refractivity contribution in [2.75, 3.05) is 56.3 Å². The van der Waals surface area contributed by atoms with E-state index in [0.29, 0.717) is 45.4 Å². The molecule has 5 aliphatic rings. The van der Waals surface area contributed by atoms with Crippen molar-refractivity contribution < 1.29 is 81.0 Å². The fourth-order valence-corrected chi connectivity index (χ4v) is 13.4. The molecule has 83 heavy (non-hydrogen) atoms. The molecule has 0 aliphatic carbocycles. The minimum absolute atomic E-state index is 0.0305. The number of aliphatic imine (C=N–C) groups is 3. The number of allylic oxidation sites excluding steroid dienone is 6. The van der Waals surface area contributed by atoms with E-state index in [9.17, 15) is 43.2 Å². The van der Waals surface area contributed by atoms with Crippen molar-refractivity contribution in [1.29, 1.82) is 0 Å². The molecule has 5 aliphatic heterocycles. The monoisotopic (exact) mass is 1160 g/mol. The summed E-state index contributed by atoms with van der Waals surface area (Å²) in [6.45, 7) is 20.0. The van der Waals surface area contributed by atoms with E-state index in [4.69, 9.17) is 52.9 Å². The van der Waals surface area contributed by atoms with Crippen LogP contribution in [0.2, 0.25) is 0 Å². The molecule has 0 saturated carbocycles. The number of amides is 2. The molecule has 23 heteroatoms. The highest BCUT2D eigenvalue weighted by molar-refractivity contribution is 6.12. The van der Waals surface area contributed by atoms with Crippen LogP contribution in [0, 0.1) is 45.3 Å². The Kier molecular flexibility index (Phi) is 21.2. The fraction of sp³-hybridized carbons (Fsp3) is 0.700. The Morgan fingerprint density at radius 2 is 1.10 bits per heavy atom. The summed E-state index contributed by atoms with van der Waals surface area (Å²) in [5.41, 5.74) is -3.69. The lowest BCUT2D eigenvalue weighted by Crippen LogP contribution is -2.55. The highest BCUT2D eigenvalue weighted by atomic mass is 16.6. The van der Waals surface area contributed by atoms with Crippen LogP contribution >= 0.6 is 0 Å². The molecule has 8 bridgehead atoms. The Balaban J connectivity index is 2.11. The molecule has 0 aromatic heterocycles. The average molecular weight is 1170 g/mol. The van der Waals surface area contributed by atoms with E-state index in [2.05, 4.69) is 16.0 Å². The van der Waals surface area contributed by atoms with Gasteiger partial charge < -0.3 is 53.8 Å². The van der Waals surface area contributed by atoms with Gasteiger partial charge in [-0.25, -0.2) is 4.79 Å². The van der Waals surface area contributed by atoms with E-state index in [1.54, 1.807) is 20.8 Å². The van der Waals surface area contributed by atoms with Gasteiger partial charge in [-0.2, -0.15) is 0 Å². The van der Waals surface area contributed by atoms with E-state index >= 15 is 0 Å². The van der Waals surface area contributed by atoms with Gasteiger partial charge in [-0.05, 0) is 78.4 Å². The third kappa shape index (κ3) is 13.7. The quantitative estimate of drug-likeness (QED) is 0.0733. The van der Waals surface area contributed by atoms with Gasteiger partial charge in [0.15, 0.2) is 0 Å². The zero-order chi connectivity index (χ0) is 62.4. The summed E-state index contributed by atoms with van der Waals surface area (Å²) in [5.74, 6) is -7.66. The average Bonchev–Trinajstić information content (AvgIpc) is 1.91. The predicted octanol–water partition coefficient (Wildman–Crippen LogP) is 6.90. The lowest BCUT2D eigenvalue weighted by atomic mass is 9.55. The van der Waals surface area contributed by atoms with Crippen LogP contribution in [0.1, 0.15) is 153 Å². The topological polar surface area (TPSA) is 301 Å². The molecule has 23 nitrogen and oxygen atoms in total. The number of hydrogen-bond donors (Lipinski definition) is 3. The summed E-state index contributed by atoms with van der Waals surface area (Å²) in [4.78, 5) is 140. The molecule has 5 rings (SSSR count). The number of nitrogens with zero attached hydrogens (tertiary/aromatic N) is 3. The lowest BCUT2D eigenvalue weighted by Gasteiger charge is -2.48. The number of methoxy groups -OCH3 is 7. The first kappa shape index (κ1) is 66.9. The largest absolute Gasteiger partial charge is 0.469 e. The van der Waals surface area contributed by atoms with Gasteiger partial charge in [-0.3, -0.25) is 53.3 Å². The maximum absolute atomic E-state index is 14.8. The molecule has 9 atom stereocenters. The maximum Gasteiger partial charge on any atom is 0.407 e. The van der Waals surface area contributed by atoms with Crippen LogP contribution in [-0.2, 0) is 76.3 Å². The summed E-state index contributed by atoms with van der Waals surface area (Å²) < 4.78 is 42.6. The molecule has 5 heterocycles. The van der Waals surface area contributed by atoms with E-state index < -0.39 is 116 Å². The van der Waals surface area contributed by atoms with Gasteiger partial charge in [-0.15, -0.1) is 0 Å². The molecule has 0 aromatic rings. The number of alkyl carbamates (subject to hydrolysis) is 1. The molecule has 2 amide bonds. The normalized spacial score (nSPS) is 30.4. The number of hydrogen-bond acceptors (Lipinski definition) is 21. The van der Waals surface area contributed by atoms with Gasteiger partial charge in [0, 0.05) is 112 Å². The second kappa shape index (κ2) is 26.3. The van der Waals surface area contributed by atoms with Crippen molar-refractivity contribution in [2.24, 2.45) is 60.3 Å². The Morgan fingerprint density at radius 3 is 1.63 bits per heavy atom. The molecule has 0 radical (unpaired) electrons. The van der Waals surface area contributed by atoms with Crippen molar-refractivity contribution in [1.82, 2.24) is 16.0 Å². The number of nitrogens with one attached hydrogen (secondary N) is 3. The summed E-state index contributed by atoms with van der Waals surface area (Å²) in [6, 6.07) is -1.000. The van der Waals surface area contributed by atoms with Crippen LogP contribution in [0.4, 0.5) is 4.79 Å². The van der Waals surface area contributed by atoms with Gasteiger partial charge in [0.1, 0.15) is 5.60 Å². The number of fused-ring (bicyclic) bond motifs is 6. The van der Waals surface area contributed by atoms with Gasteiger partial charge in [0.25, 0.3) is 0 Å². The first-order chi connectivity index (χ1) is 38.7. The highest BCUT2D eigenvalue weighted by Crippen LogP contribution is 2.63. The smallest absolute Gasteiger partial charge is 0.407 e. The van der Waals surface area contributed by atoms with E-state index in [1.165, 1.54) is 49.8 Å². The van der Waals surface area contributed by atoms with Crippen LogP contribution in [0.15, 0.2) is 48.9 Å². The molecule has 3 N–H and O–H groups in total. The Labute approximate surface area is 487 Å². The molecule has 1 unspecified atom stereocenters. The van der Waals surface area contributed by atoms with Crippen LogP contribution in [0.3, 0.4) is 0 Å². The zero-order valence-electron chi connectivity index (χ0n) is 51.9. The molecule has 460 valence electrons. The summed E-state index contributed by atoms with van der Waals surface area (Å²) in [5, 5.41) is 9.53. The van der Waals surface area contributed by atoms with Crippen LogP contribution in [0.5, 0.6) is 0 Å². The van der Waals surface area contributed by atoms with Crippen LogP contribution in [-0.4, -0.2) is 144 Å². The SMILES string of the molecule is COC(=O)CC[C@@H]1/C2=C(\C)C3=NC([C@H](CC(=O)OC)[C@@]3(C)CCC(=O)OC)[C@]3(C)N=C(/C(C)=C4\N/C(=C(/NC(=O)CCNC(=O)OC(C)(C)C)C(=N2)C1(C)C)[C@@H](CCC(=O)OC)[C@]4(C)CC(=O)OC)[C@@H](CCC(=O)OC)[C@]3(C)CC(=O)OC. The first-order valence-electron chi connectivity index (χ1n) is 28.2. The number of rotatable bonds is 22. The first-order valence-corrected chi connectivity index (χ1v) is 28.2. The van der Waals surface area contributed by atoms with Gasteiger partial charge >= 0.3 is 47.9 Å². The second-order valence-electron chi connectivity index (χ2n) is 24.6. The summed E-state index contributed by atoms with van der Waals surface area (Å²) in [6.07, 6.45) is -1.97. The zero-order valence-corrected chi connectivity index (χ0v) is 51.9. The van der Waals surface area contributed by atoms with Gasteiger partial charge in [0.2, 0.25) is 5.91 Å². The summed E-state index contributed by atoms with van der Waals surface area (Å²) in [7, 11) is 8.91. The second-order valence-corrected chi connectivity index (χ2v) is 24.6. The van der Waals surface area contributed by atoms with Crippen molar-refractivity contribution in [3.63, 3.8) is 0 Å². The van der Waals surface area contributed by atoms with Crippen molar-refractivity contribution >= 4 is 70.9 Å². The third-order valence-corrected chi connectivity index (χ3v) is 18.2. The molecule has 0 aromatic carbocycles. The highest BCUT2D eigenvalue weighted by Gasteiger charge is 2.67. The molecule has 0 spiro atoms. The standard InChI is InChI=1S/C60H88N6O17/c1-32-46-34(19-22-39(68)76-12)56(6,7)53(63-46)49(62-38(67)26-28-61-54(75)83-55(3,4)5)48-35(20-23-40(69)77-13)58(9,30-44(73)81-17)51(64-48)33(2)47-36(21-24-41(70)78-14)59(10,31-45(74)82-18)60(11,66-47)52-37(29-43(72)80-16)57(8,50(32)65-52)27-25-42(71)79-15/h34-37,52,64H,19-31H2,1-18H3,(H,61,75)(H,62,67)/b46-32-,49-48+,51-33-/t34-,35-,36-,37+,52?,57-,58+,59+,60+/m1/s1. The van der Waals surface area contributed by atoms with Crippen molar-refractivity contribution in [2.45, 2.75) is 170 Å². The van der Waals surface area contributed by atoms with E-state index in [0.717, 1.165) is 0 Å². The molecule has 1 fully saturated rings. The predicted molar refractivity (Wildman–Crippen MR) is 304 cm³/mol. The van der Waals surface area contributed by atoms with Gasteiger partial charge in [0.05, 0.1) is 92.0 Å². The van der Waals surface area contributed by atoms with E-state index in [1.807, 2.05) is 55.4 Å². The number of carbonyl (C=O) groups excluding carboxylic acids is 9. The van der Waals surface area contributed by atoms with E-state index in [-0.39, 0.29) is 89.3 Å². The number of carbonyl (C=O) groups is 9. The van der Waals surface area contributed by atoms with Crippen LogP contribution in [0.25, 0.3) is 0 Å². The molecular formula is C60H88N6O17. The Hall–Kier alpha value is -6.94. The lowest BCUT2D eigenvalue weighted by molar-refractivity contribution is -0.147. The maximum atomic E-state index is 14.8.